The van der Waals surface area contributed by atoms with E-state index in [1.807, 2.05) is 31.2 Å². The minimum atomic E-state index is -0.624. The predicted octanol–water partition coefficient (Wildman–Crippen LogP) is 3.77. The smallest absolute Gasteiger partial charge is 0.196 e. The number of hydrogen-bond donors (Lipinski definition) is 0. The molecule has 0 bridgehead atoms. The van der Waals surface area contributed by atoms with E-state index in [1.165, 1.54) is 0 Å². The van der Waals surface area contributed by atoms with Crippen molar-refractivity contribution < 1.29 is 9.53 Å². The van der Waals surface area contributed by atoms with E-state index in [0.29, 0.717) is 12.2 Å². The van der Waals surface area contributed by atoms with Crippen LogP contribution in [0.15, 0.2) is 36.7 Å². The number of aromatic nitrogens is 1. The lowest BCUT2D eigenvalue weighted by Crippen LogP contribution is -2.39. The van der Waals surface area contributed by atoms with Crippen molar-refractivity contribution in [3.63, 3.8) is 0 Å². The van der Waals surface area contributed by atoms with Crippen molar-refractivity contribution >= 4 is 16.6 Å². The second kappa shape index (κ2) is 5.33. The zero-order chi connectivity index (χ0) is 14.0. The molecule has 0 spiro atoms. The van der Waals surface area contributed by atoms with Gasteiger partial charge in [-0.05, 0) is 38.0 Å². The van der Waals surface area contributed by atoms with Gasteiger partial charge in [0.1, 0.15) is 5.60 Å². The van der Waals surface area contributed by atoms with Gasteiger partial charge in [0.25, 0.3) is 0 Å². The van der Waals surface area contributed by atoms with Crippen LogP contribution in [-0.2, 0) is 4.74 Å². The van der Waals surface area contributed by atoms with Gasteiger partial charge in [0, 0.05) is 30.0 Å². The van der Waals surface area contributed by atoms with Crippen LogP contribution in [0.3, 0.4) is 0 Å². The van der Waals surface area contributed by atoms with Crippen LogP contribution >= 0.6 is 0 Å². The summed E-state index contributed by atoms with van der Waals surface area (Å²) in [5.41, 5.74) is 0.0686. The van der Waals surface area contributed by atoms with Crippen LogP contribution < -0.4 is 0 Å². The van der Waals surface area contributed by atoms with Crippen molar-refractivity contribution in [2.75, 3.05) is 6.61 Å². The Balaban J connectivity index is 2.08. The topological polar surface area (TPSA) is 39.2 Å². The lowest BCUT2D eigenvalue weighted by Gasteiger charge is -2.27. The van der Waals surface area contributed by atoms with Gasteiger partial charge in [0.15, 0.2) is 5.78 Å². The van der Waals surface area contributed by atoms with E-state index in [1.54, 1.807) is 12.4 Å². The predicted molar refractivity (Wildman–Crippen MR) is 78.9 cm³/mol. The number of rotatable bonds is 4. The Kier molecular flexibility index (Phi) is 3.53. The molecule has 1 aromatic heterocycles. The maximum atomic E-state index is 13.0. The zero-order valence-electron chi connectivity index (χ0n) is 11.8. The Bertz CT molecular complexity index is 624. The largest absolute Gasteiger partial charge is 0.367 e. The van der Waals surface area contributed by atoms with Crippen LogP contribution in [0, 0.1) is 0 Å². The molecule has 0 amide bonds. The Morgan fingerprint density at radius 1 is 1.25 bits per heavy atom. The molecule has 3 heteroatoms. The van der Waals surface area contributed by atoms with Gasteiger partial charge in [0.05, 0.1) is 0 Å². The molecule has 1 aromatic carbocycles. The van der Waals surface area contributed by atoms with Gasteiger partial charge in [0.2, 0.25) is 0 Å². The van der Waals surface area contributed by atoms with Crippen LogP contribution in [0.5, 0.6) is 0 Å². The maximum absolute atomic E-state index is 13.0. The summed E-state index contributed by atoms with van der Waals surface area (Å²) in [5, 5.41) is 1.97. The number of carbonyl (C=O) groups excluding carboxylic acids is 1. The fourth-order valence-corrected chi connectivity index (χ4v) is 3.20. The van der Waals surface area contributed by atoms with Gasteiger partial charge in [-0.1, -0.05) is 24.3 Å². The van der Waals surface area contributed by atoms with Crippen molar-refractivity contribution in [2.24, 2.45) is 0 Å². The van der Waals surface area contributed by atoms with Gasteiger partial charge in [-0.2, -0.15) is 0 Å². The lowest BCUT2D eigenvalue weighted by atomic mass is 9.89. The minimum absolute atomic E-state index is 0.0983. The molecule has 104 valence electrons. The third-order valence-corrected chi connectivity index (χ3v) is 4.16. The molecule has 3 nitrogen and oxygen atoms in total. The highest BCUT2D eigenvalue weighted by molar-refractivity contribution is 6.11. The number of fused-ring (bicyclic) bond motifs is 1. The summed E-state index contributed by atoms with van der Waals surface area (Å²) in [6.07, 6.45) is 7.25. The van der Waals surface area contributed by atoms with E-state index in [0.717, 1.165) is 36.5 Å². The van der Waals surface area contributed by atoms with Gasteiger partial charge in [-0.25, -0.2) is 0 Å². The summed E-state index contributed by atoms with van der Waals surface area (Å²) in [7, 11) is 0. The van der Waals surface area contributed by atoms with Gasteiger partial charge in [-0.15, -0.1) is 0 Å². The number of hydrogen-bond acceptors (Lipinski definition) is 3. The van der Waals surface area contributed by atoms with Crippen molar-refractivity contribution in [1.82, 2.24) is 4.98 Å². The molecule has 0 radical (unpaired) electrons. The summed E-state index contributed by atoms with van der Waals surface area (Å²) in [6, 6.07) is 7.90. The van der Waals surface area contributed by atoms with Gasteiger partial charge < -0.3 is 4.74 Å². The summed E-state index contributed by atoms with van der Waals surface area (Å²) in [4.78, 5) is 17.2. The van der Waals surface area contributed by atoms with E-state index >= 15 is 0 Å². The number of ether oxygens (including phenoxy) is 1. The number of nitrogens with zero attached hydrogens (tertiary/aromatic N) is 1. The molecule has 2 aromatic rings. The standard InChI is InChI=1S/C17H19NO2/c1-2-20-17(9-5-6-10-17)16(19)15-12-18-11-13-7-3-4-8-14(13)15/h3-4,7-8,11-12H,2,5-6,9-10H2,1H3. The monoisotopic (exact) mass is 269 g/mol. The van der Waals surface area contributed by atoms with Crippen molar-refractivity contribution in [3.8, 4) is 0 Å². The van der Waals surface area contributed by atoms with Crippen molar-refractivity contribution in [3.05, 3.63) is 42.2 Å². The van der Waals surface area contributed by atoms with Crippen molar-refractivity contribution in [2.45, 2.75) is 38.2 Å². The highest BCUT2D eigenvalue weighted by atomic mass is 16.5. The number of ketones is 1. The number of pyridine rings is 1. The summed E-state index contributed by atoms with van der Waals surface area (Å²) < 4.78 is 5.88. The fraction of sp³-hybridized carbons (Fsp3) is 0.412. The van der Waals surface area contributed by atoms with Gasteiger partial charge >= 0.3 is 0 Å². The summed E-state index contributed by atoms with van der Waals surface area (Å²) in [5.74, 6) is 0.0983. The Morgan fingerprint density at radius 3 is 2.75 bits per heavy atom. The summed E-state index contributed by atoms with van der Waals surface area (Å²) >= 11 is 0. The van der Waals surface area contributed by atoms with E-state index in [4.69, 9.17) is 4.74 Å². The third-order valence-electron chi connectivity index (χ3n) is 4.16. The van der Waals surface area contributed by atoms with E-state index < -0.39 is 5.60 Å². The molecule has 0 atom stereocenters. The molecular weight excluding hydrogens is 250 g/mol. The Hall–Kier alpha value is -1.74. The number of Topliss-reactive ketones (excluding diaryl/α,β-unsaturated/α-hetero) is 1. The van der Waals surface area contributed by atoms with Crippen LogP contribution in [0.4, 0.5) is 0 Å². The molecule has 1 saturated carbocycles. The maximum Gasteiger partial charge on any atom is 0.196 e. The highest BCUT2D eigenvalue weighted by Crippen LogP contribution is 2.37. The molecule has 1 heterocycles. The van der Waals surface area contributed by atoms with E-state index in [9.17, 15) is 4.79 Å². The van der Waals surface area contributed by atoms with Crippen molar-refractivity contribution in [1.29, 1.82) is 0 Å². The molecule has 1 aliphatic carbocycles. The van der Waals surface area contributed by atoms with E-state index in [2.05, 4.69) is 4.98 Å². The molecule has 1 aliphatic rings. The average Bonchev–Trinajstić information content (AvgIpc) is 2.96. The minimum Gasteiger partial charge on any atom is -0.367 e. The van der Waals surface area contributed by atoms with Crippen LogP contribution in [0.2, 0.25) is 0 Å². The molecular formula is C17H19NO2. The van der Waals surface area contributed by atoms with E-state index in [-0.39, 0.29) is 5.78 Å². The molecule has 3 rings (SSSR count). The Labute approximate surface area is 119 Å². The van der Waals surface area contributed by atoms with Gasteiger partial charge in [-0.3, -0.25) is 9.78 Å². The molecule has 1 fully saturated rings. The molecule has 20 heavy (non-hydrogen) atoms. The number of carbonyl (C=O) groups is 1. The Morgan fingerprint density at radius 2 is 2.00 bits per heavy atom. The molecule has 0 aliphatic heterocycles. The lowest BCUT2D eigenvalue weighted by molar-refractivity contribution is -0.0162. The first kappa shape index (κ1) is 13.3. The molecule has 0 unspecified atom stereocenters. The molecule has 0 saturated heterocycles. The zero-order valence-corrected chi connectivity index (χ0v) is 11.8. The fourth-order valence-electron chi connectivity index (χ4n) is 3.20. The second-order valence-electron chi connectivity index (χ2n) is 5.37. The van der Waals surface area contributed by atoms with Crippen LogP contribution in [0.25, 0.3) is 10.8 Å². The summed E-state index contributed by atoms with van der Waals surface area (Å²) in [6.45, 7) is 2.53. The first-order valence-corrected chi connectivity index (χ1v) is 7.28. The van der Waals surface area contributed by atoms with Crippen LogP contribution in [0.1, 0.15) is 43.0 Å². The average molecular weight is 269 g/mol. The second-order valence-corrected chi connectivity index (χ2v) is 5.37. The normalized spacial score (nSPS) is 17.4. The van der Waals surface area contributed by atoms with Crippen LogP contribution in [-0.4, -0.2) is 23.0 Å². The molecule has 0 N–H and O–H groups in total. The quantitative estimate of drug-likeness (QED) is 0.793. The first-order chi connectivity index (χ1) is 9.77. The third kappa shape index (κ3) is 2.12. The number of benzene rings is 1. The SMILES string of the molecule is CCOC1(C(=O)c2cncc3ccccc23)CCCC1. The highest BCUT2D eigenvalue weighted by Gasteiger charge is 2.42. The first-order valence-electron chi connectivity index (χ1n) is 7.28.